The van der Waals surface area contributed by atoms with Crippen molar-refractivity contribution < 1.29 is 17.9 Å². The Bertz CT molecular complexity index is 1190. The number of amides is 1. The van der Waals surface area contributed by atoms with Gasteiger partial charge in [0.25, 0.3) is 5.91 Å². The van der Waals surface area contributed by atoms with Gasteiger partial charge in [-0.1, -0.05) is 36.9 Å². The molecule has 0 spiro atoms. The number of hydrogen-bond acceptors (Lipinski definition) is 4. The molecule has 0 bridgehead atoms. The van der Waals surface area contributed by atoms with Crippen molar-refractivity contribution in [1.82, 2.24) is 0 Å². The largest absolute Gasteiger partial charge is 0.490 e. The van der Waals surface area contributed by atoms with E-state index in [2.05, 4.69) is 11.9 Å². The first kappa shape index (κ1) is 23.1. The van der Waals surface area contributed by atoms with Crippen LogP contribution >= 0.6 is 0 Å². The predicted octanol–water partition coefficient (Wildman–Crippen LogP) is 4.78. The minimum Gasteiger partial charge on any atom is -0.490 e. The van der Waals surface area contributed by atoms with Crippen LogP contribution in [-0.4, -0.2) is 27.2 Å². The van der Waals surface area contributed by atoms with Crippen LogP contribution in [-0.2, 0) is 16.6 Å². The van der Waals surface area contributed by atoms with Gasteiger partial charge >= 0.3 is 0 Å². The second kappa shape index (κ2) is 10.2. The third-order valence-corrected chi connectivity index (χ3v) is 6.01. The van der Waals surface area contributed by atoms with Gasteiger partial charge in [-0.2, -0.15) is 0 Å². The van der Waals surface area contributed by atoms with Gasteiger partial charge in [-0.15, -0.1) is 0 Å². The van der Waals surface area contributed by atoms with Gasteiger partial charge in [0.05, 0.1) is 18.5 Å². The fraction of sp³-hybridized carbons (Fsp3) is 0.160. The molecule has 0 unspecified atom stereocenters. The molecule has 0 aliphatic heterocycles. The SMILES string of the molecule is C=CCOc1ccc(NC(=O)c2ccc(N(Cc3ccccc3C)S(C)(=O)=O)cc2)cc1. The molecule has 32 heavy (non-hydrogen) atoms. The molecule has 3 aromatic rings. The van der Waals surface area contributed by atoms with Crippen LogP contribution < -0.4 is 14.4 Å². The standard InChI is InChI=1S/C25H26N2O4S/c1-4-17-31-24-15-11-22(12-16-24)26-25(28)20-9-13-23(14-10-20)27(32(3,29)30)18-21-8-6-5-7-19(21)2/h4-16H,1,17-18H2,2-3H3,(H,26,28). The van der Waals surface area contributed by atoms with Crippen LogP contribution in [0.5, 0.6) is 5.75 Å². The van der Waals surface area contributed by atoms with Crippen LogP contribution in [0.25, 0.3) is 0 Å². The molecule has 0 fully saturated rings. The van der Waals surface area contributed by atoms with E-state index in [1.807, 2.05) is 31.2 Å². The Balaban J connectivity index is 1.74. The van der Waals surface area contributed by atoms with Gasteiger partial charge in [0.15, 0.2) is 0 Å². The molecule has 0 saturated heterocycles. The highest BCUT2D eigenvalue weighted by Gasteiger charge is 2.19. The van der Waals surface area contributed by atoms with Gasteiger partial charge in [-0.3, -0.25) is 9.10 Å². The van der Waals surface area contributed by atoms with Crippen molar-refractivity contribution in [2.75, 3.05) is 22.5 Å². The lowest BCUT2D eigenvalue weighted by molar-refractivity contribution is 0.102. The lowest BCUT2D eigenvalue weighted by atomic mass is 10.1. The summed E-state index contributed by atoms with van der Waals surface area (Å²) in [7, 11) is -3.51. The van der Waals surface area contributed by atoms with Gasteiger partial charge < -0.3 is 10.1 Å². The van der Waals surface area contributed by atoms with Crippen LogP contribution in [0.2, 0.25) is 0 Å². The molecule has 1 N–H and O–H groups in total. The van der Waals surface area contributed by atoms with Crippen LogP contribution in [0.15, 0.2) is 85.5 Å². The second-order valence-corrected chi connectivity index (χ2v) is 9.23. The average molecular weight is 451 g/mol. The number of nitrogens with zero attached hydrogens (tertiary/aromatic N) is 1. The number of hydrogen-bond donors (Lipinski definition) is 1. The zero-order valence-electron chi connectivity index (χ0n) is 18.1. The first-order valence-electron chi connectivity index (χ1n) is 10.1. The summed E-state index contributed by atoms with van der Waals surface area (Å²) < 4.78 is 31.6. The van der Waals surface area contributed by atoms with E-state index >= 15 is 0 Å². The Hall–Kier alpha value is -3.58. The Morgan fingerprint density at radius 3 is 2.28 bits per heavy atom. The summed E-state index contributed by atoms with van der Waals surface area (Å²) in [5.74, 6) is 0.392. The van der Waals surface area contributed by atoms with Crippen LogP contribution in [0, 0.1) is 6.92 Å². The number of carbonyl (C=O) groups is 1. The lowest BCUT2D eigenvalue weighted by Gasteiger charge is -2.23. The molecule has 166 valence electrons. The molecule has 0 atom stereocenters. The highest BCUT2D eigenvalue weighted by Crippen LogP contribution is 2.23. The number of carbonyl (C=O) groups excluding carboxylic acids is 1. The normalized spacial score (nSPS) is 10.9. The molecule has 7 heteroatoms. The van der Waals surface area contributed by atoms with Crippen LogP contribution in [0.3, 0.4) is 0 Å². The van der Waals surface area contributed by atoms with Gasteiger partial charge in [-0.25, -0.2) is 8.42 Å². The molecule has 0 aliphatic carbocycles. The summed E-state index contributed by atoms with van der Waals surface area (Å²) >= 11 is 0. The van der Waals surface area contributed by atoms with E-state index in [1.165, 1.54) is 10.6 Å². The maximum absolute atomic E-state index is 12.6. The summed E-state index contributed by atoms with van der Waals surface area (Å²) in [6.07, 6.45) is 2.83. The number of ether oxygens (including phenoxy) is 1. The number of aryl methyl sites for hydroxylation is 1. The lowest BCUT2D eigenvalue weighted by Crippen LogP contribution is -2.29. The maximum Gasteiger partial charge on any atom is 0.255 e. The van der Waals surface area contributed by atoms with Gasteiger partial charge in [0, 0.05) is 11.3 Å². The smallest absolute Gasteiger partial charge is 0.255 e. The molecule has 1 amide bonds. The molecular formula is C25H26N2O4S. The van der Waals surface area contributed by atoms with E-state index in [9.17, 15) is 13.2 Å². The predicted molar refractivity (Wildman–Crippen MR) is 129 cm³/mol. The van der Waals surface area contributed by atoms with E-state index in [1.54, 1.807) is 54.6 Å². The number of rotatable bonds is 9. The molecule has 0 aliphatic rings. The maximum atomic E-state index is 12.6. The van der Waals surface area contributed by atoms with Gasteiger partial charge in [0.2, 0.25) is 10.0 Å². The van der Waals surface area contributed by atoms with E-state index in [0.717, 1.165) is 11.1 Å². The van der Waals surface area contributed by atoms with E-state index in [0.29, 0.717) is 29.3 Å². The van der Waals surface area contributed by atoms with E-state index in [4.69, 9.17) is 4.74 Å². The molecule has 0 heterocycles. The zero-order chi connectivity index (χ0) is 23.1. The number of sulfonamides is 1. The minimum absolute atomic E-state index is 0.220. The number of benzene rings is 3. The van der Waals surface area contributed by atoms with Crippen molar-refractivity contribution in [3.63, 3.8) is 0 Å². The third-order valence-electron chi connectivity index (χ3n) is 4.87. The van der Waals surface area contributed by atoms with Gasteiger partial charge in [0.1, 0.15) is 12.4 Å². The minimum atomic E-state index is -3.51. The molecular weight excluding hydrogens is 424 g/mol. The zero-order valence-corrected chi connectivity index (χ0v) is 18.9. The second-order valence-electron chi connectivity index (χ2n) is 7.32. The molecule has 6 nitrogen and oxygen atoms in total. The van der Waals surface area contributed by atoms with Crippen molar-refractivity contribution in [2.45, 2.75) is 13.5 Å². The van der Waals surface area contributed by atoms with Crippen LogP contribution in [0.1, 0.15) is 21.5 Å². The van der Waals surface area contributed by atoms with Crippen molar-refractivity contribution in [2.24, 2.45) is 0 Å². The highest BCUT2D eigenvalue weighted by atomic mass is 32.2. The summed E-state index contributed by atoms with van der Waals surface area (Å²) in [5, 5.41) is 2.82. The van der Waals surface area contributed by atoms with Crippen molar-refractivity contribution in [3.8, 4) is 5.75 Å². The quantitative estimate of drug-likeness (QED) is 0.476. The first-order valence-corrected chi connectivity index (χ1v) is 11.9. The third kappa shape index (κ3) is 5.98. The fourth-order valence-electron chi connectivity index (χ4n) is 3.11. The number of anilines is 2. The summed E-state index contributed by atoms with van der Waals surface area (Å²) in [4.78, 5) is 12.6. The average Bonchev–Trinajstić information content (AvgIpc) is 2.77. The molecule has 3 aromatic carbocycles. The van der Waals surface area contributed by atoms with Gasteiger partial charge in [-0.05, 0) is 66.6 Å². The molecule has 0 radical (unpaired) electrons. The summed E-state index contributed by atoms with van der Waals surface area (Å²) in [6.45, 7) is 6.18. The van der Waals surface area contributed by atoms with E-state index < -0.39 is 10.0 Å². The number of nitrogens with one attached hydrogen (secondary N) is 1. The van der Waals surface area contributed by atoms with E-state index in [-0.39, 0.29) is 12.5 Å². The molecule has 0 saturated carbocycles. The highest BCUT2D eigenvalue weighted by molar-refractivity contribution is 7.92. The molecule has 3 rings (SSSR count). The fourth-order valence-corrected chi connectivity index (χ4v) is 3.99. The Labute approximate surface area is 189 Å². The summed E-state index contributed by atoms with van der Waals surface area (Å²) in [5.41, 5.74) is 3.47. The van der Waals surface area contributed by atoms with Crippen molar-refractivity contribution >= 4 is 27.3 Å². The van der Waals surface area contributed by atoms with Crippen LogP contribution in [0.4, 0.5) is 11.4 Å². The topological polar surface area (TPSA) is 75.7 Å². The monoisotopic (exact) mass is 450 g/mol. The van der Waals surface area contributed by atoms with Crippen molar-refractivity contribution in [1.29, 1.82) is 0 Å². The first-order chi connectivity index (χ1) is 15.3. The summed E-state index contributed by atoms with van der Waals surface area (Å²) in [6, 6.07) is 21.2. The van der Waals surface area contributed by atoms with Crippen molar-refractivity contribution in [3.05, 3.63) is 102 Å². The Morgan fingerprint density at radius 2 is 1.69 bits per heavy atom. The Morgan fingerprint density at radius 1 is 1.03 bits per heavy atom. The molecule has 0 aromatic heterocycles. The Kier molecular flexibility index (Phi) is 7.33.